The summed E-state index contributed by atoms with van der Waals surface area (Å²) in [5.74, 6) is 0.414. The molecule has 2 N–H and O–H groups in total. The number of H-pyrrole nitrogens is 1. The van der Waals surface area contributed by atoms with Crippen LogP contribution in [0.4, 0.5) is 0 Å². The van der Waals surface area contributed by atoms with Gasteiger partial charge in [0.2, 0.25) is 6.39 Å². The number of rotatable bonds is 5. The Kier molecular flexibility index (Phi) is 3.59. The van der Waals surface area contributed by atoms with E-state index in [9.17, 15) is 13.2 Å². The molecule has 0 aliphatic heterocycles. The molecule has 0 fully saturated rings. The zero-order chi connectivity index (χ0) is 13.2. The van der Waals surface area contributed by atoms with Crippen LogP contribution in [-0.4, -0.2) is 30.1 Å². The number of aryl methyl sites for hydroxylation is 1. The number of thiazole rings is 1. The van der Waals surface area contributed by atoms with Gasteiger partial charge in [-0.1, -0.05) is 16.5 Å². The van der Waals surface area contributed by atoms with Crippen molar-refractivity contribution in [2.24, 2.45) is 0 Å². The van der Waals surface area contributed by atoms with Gasteiger partial charge in [-0.25, -0.2) is 13.1 Å². The van der Waals surface area contributed by atoms with Gasteiger partial charge in [-0.3, -0.25) is 4.79 Å². The molecule has 0 aromatic carbocycles. The Hall–Kier alpha value is -1.52. The second kappa shape index (κ2) is 5.00. The molecule has 2 rings (SSSR count). The predicted octanol–water partition coefficient (Wildman–Crippen LogP) is -0.351. The largest absolute Gasteiger partial charge is 0.343 e. The fourth-order valence-electron chi connectivity index (χ4n) is 1.31. The maximum Gasteiger partial charge on any atom is 0.305 e. The second-order valence-corrected chi connectivity index (χ2v) is 6.37. The van der Waals surface area contributed by atoms with Gasteiger partial charge < -0.3 is 9.51 Å². The van der Waals surface area contributed by atoms with Crippen molar-refractivity contribution >= 4 is 21.4 Å². The molecule has 0 radical (unpaired) electrons. The van der Waals surface area contributed by atoms with Crippen molar-refractivity contribution in [3.63, 3.8) is 0 Å². The highest BCUT2D eigenvalue weighted by Crippen LogP contribution is 2.15. The summed E-state index contributed by atoms with van der Waals surface area (Å²) >= 11 is 0.658. The molecule has 0 atom stereocenters. The Bertz CT molecular complexity index is 670. The van der Waals surface area contributed by atoms with E-state index in [0.717, 1.165) is 0 Å². The van der Waals surface area contributed by atoms with E-state index in [0.29, 0.717) is 29.3 Å². The van der Waals surface area contributed by atoms with Crippen molar-refractivity contribution in [1.29, 1.82) is 0 Å². The van der Waals surface area contributed by atoms with E-state index in [4.69, 9.17) is 0 Å². The summed E-state index contributed by atoms with van der Waals surface area (Å²) < 4.78 is 30.6. The highest BCUT2D eigenvalue weighted by molar-refractivity contribution is 7.91. The van der Waals surface area contributed by atoms with Crippen LogP contribution in [0.1, 0.15) is 11.5 Å². The maximum atomic E-state index is 11.9. The first kappa shape index (κ1) is 12.9. The molecule has 2 aromatic rings. The van der Waals surface area contributed by atoms with E-state index >= 15 is 0 Å². The van der Waals surface area contributed by atoms with Crippen molar-refractivity contribution in [3.05, 3.63) is 27.6 Å². The minimum absolute atomic E-state index is 0.000567. The summed E-state index contributed by atoms with van der Waals surface area (Å²) in [5, 5.41) is 3.56. The monoisotopic (exact) mass is 290 g/mol. The number of nitrogens with one attached hydrogen (secondary N) is 2. The predicted molar refractivity (Wildman–Crippen MR) is 62.9 cm³/mol. The van der Waals surface area contributed by atoms with Crippen LogP contribution >= 0.6 is 11.3 Å². The molecule has 0 aliphatic carbocycles. The van der Waals surface area contributed by atoms with Crippen LogP contribution in [-0.2, 0) is 16.4 Å². The van der Waals surface area contributed by atoms with Crippen LogP contribution in [0.2, 0.25) is 0 Å². The molecule has 0 amide bonds. The first-order valence-corrected chi connectivity index (χ1v) is 7.23. The number of nitrogens with zero attached hydrogens (tertiary/aromatic N) is 2. The number of aromatic amines is 1. The lowest BCUT2D eigenvalue weighted by Gasteiger charge is -2.03. The van der Waals surface area contributed by atoms with Crippen LogP contribution in [0.25, 0.3) is 0 Å². The number of hydrogen-bond donors (Lipinski definition) is 2. The first-order chi connectivity index (χ1) is 8.49. The van der Waals surface area contributed by atoms with Gasteiger partial charge in [-0.05, 0) is 6.92 Å². The van der Waals surface area contributed by atoms with Crippen LogP contribution in [0.5, 0.6) is 0 Å². The maximum absolute atomic E-state index is 11.9. The third kappa shape index (κ3) is 2.83. The zero-order valence-corrected chi connectivity index (χ0v) is 11.0. The normalized spacial score (nSPS) is 11.8. The van der Waals surface area contributed by atoms with E-state index in [-0.39, 0.29) is 10.8 Å². The summed E-state index contributed by atoms with van der Waals surface area (Å²) in [7, 11) is -3.67. The quantitative estimate of drug-likeness (QED) is 0.777. The summed E-state index contributed by atoms with van der Waals surface area (Å²) in [4.78, 5) is 16.8. The van der Waals surface area contributed by atoms with Gasteiger partial charge in [-0.15, -0.1) is 0 Å². The molecule has 10 heteroatoms. The third-order valence-electron chi connectivity index (χ3n) is 2.07. The van der Waals surface area contributed by atoms with E-state index < -0.39 is 14.9 Å². The second-order valence-electron chi connectivity index (χ2n) is 3.42. The van der Waals surface area contributed by atoms with Gasteiger partial charge >= 0.3 is 4.87 Å². The van der Waals surface area contributed by atoms with Crippen LogP contribution < -0.4 is 9.60 Å². The van der Waals surface area contributed by atoms with Crippen LogP contribution in [0, 0.1) is 6.92 Å². The Morgan fingerprint density at radius 1 is 1.56 bits per heavy atom. The van der Waals surface area contributed by atoms with E-state index in [1.54, 1.807) is 0 Å². The van der Waals surface area contributed by atoms with Crippen LogP contribution in [0.15, 0.2) is 19.9 Å². The molecule has 0 saturated carbocycles. The smallest absolute Gasteiger partial charge is 0.305 e. The standard InChI is InChI=1S/C8H10N4O4S2/c1-5-7(17-8(13)11-5)18(14,15)10-3-2-6-9-4-16-12-6/h4,10H,2-3H2,1H3,(H,11,13). The number of hydrogen-bond acceptors (Lipinski definition) is 7. The summed E-state index contributed by atoms with van der Waals surface area (Å²) in [5.41, 5.74) is 0.331. The van der Waals surface area contributed by atoms with Gasteiger partial charge in [0.1, 0.15) is 0 Å². The molecule has 2 heterocycles. The van der Waals surface area contributed by atoms with Crippen LogP contribution in [0.3, 0.4) is 0 Å². The first-order valence-electron chi connectivity index (χ1n) is 4.93. The summed E-state index contributed by atoms with van der Waals surface area (Å²) in [6.07, 6.45) is 1.49. The zero-order valence-electron chi connectivity index (χ0n) is 9.34. The molecular formula is C8H10N4O4S2. The van der Waals surface area contributed by atoms with Crippen molar-refractivity contribution < 1.29 is 12.9 Å². The number of sulfonamides is 1. The van der Waals surface area contributed by atoms with Crippen molar-refractivity contribution in [2.45, 2.75) is 17.6 Å². The molecule has 0 spiro atoms. The molecule has 0 unspecified atom stereocenters. The fraction of sp³-hybridized carbons (Fsp3) is 0.375. The van der Waals surface area contributed by atoms with Gasteiger partial charge in [0, 0.05) is 18.7 Å². The van der Waals surface area contributed by atoms with E-state index in [1.807, 2.05) is 0 Å². The third-order valence-corrected chi connectivity index (χ3v) is 5.14. The number of aromatic nitrogens is 3. The molecule has 0 aliphatic rings. The Labute approximate surface area is 106 Å². The molecule has 0 saturated heterocycles. The minimum atomic E-state index is -3.67. The molecular weight excluding hydrogens is 280 g/mol. The summed E-state index contributed by atoms with van der Waals surface area (Å²) in [6.45, 7) is 1.67. The average molecular weight is 290 g/mol. The Balaban J connectivity index is 2.04. The van der Waals surface area contributed by atoms with Gasteiger partial charge in [0.15, 0.2) is 10.0 Å². The summed E-state index contributed by atoms with van der Waals surface area (Å²) in [6, 6.07) is 0. The highest BCUT2D eigenvalue weighted by Gasteiger charge is 2.20. The fourth-order valence-corrected chi connectivity index (χ4v) is 3.69. The Morgan fingerprint density at radius 2 is 2.33 bits per heavy atom. The molecule has 0 bridgehead atoms. The topological polar surface area (TPSA) is 118 Å². The van der Waals surface area contributed by atoms with Gasteiger partial charge in [0.05, 0.1) is 0 Å². The van der Waals surface area contributed by atoms with E-state index in [2.05, 4.69) is 24.4 Å². The van der Waals surface area contributed by atoms with Crippen molar-refractivity contribution in [2.75, 3.05) is 6.54 Å². The van der Waals surface area contributed by atoms with Crippen molar-refractivity contribution in [1.82, 2.24) is 19.8 Å². The highest BCUT2D eigenvalue weighted by atomic mass is 32.2. The molecule has 18 heavy (non-hydrogen) atoms. The van der Waals surface area contributed by atoms with Gasteiger partial charge in [0.25, 0.3) is 10.0 Å². The minimum Gasteiger partial charge on any atom is -0.343 e. The lowest BCUT2D eigenvalue weighted by Crippen LogP contribution is -2.26. The lowest BCUT2D eigenvalue weighted by atomic mass is 10.4. The Morgan fingerprint density at radius 3 is 2.89 bits per heavy atom. The molecule has 8 nitrogen and oxygen atoms in total. The molecule has 98 valence electrons. The van der Waals surface area contributed by atoms with Gasteiger partial charge in [-0.2, -0.15) is 4.98 Å². The average Bonchev–Trinajstić information content (AvgIpc) is 2.88. The molecule has 2 aromatic heterocycles. The SMILES string of the molecule is Cc1[nH]c(=O)sc1S(=O)(=O)NCCc1ncon1. The van der Waals surface area contributed by atoms with E-state index in [1.165, 1.54) is 13.3 Å². The lowest BCUT2D eigenvalue weighted by molar-refractivity contribution is 0.410. The van der Waals surface area contributed by atoms with Crippen molar-refractivity contribution in [3.8, 4) is 0 Å².